The molecule has 0 amide bonds. The number of aromatic hydroxyl groups is 8. The Morgan fingerprint density at radius 2 is 0.929 bits per heavy atom. The van der Waals surface area contributed by atoms with E-state index in [0.29, 0.717) is 0 Å². The lowest BCUT2D eigenvalue weighted by Gasteiger charge is -2.14. The molecular weight excluding hydrogens is 376 g/mol. The van der Waals surface area contributed by atoms with E-state index in [1.165, 1.54) is 0 Å². The van der Waals surface area contributed by atoms with Crippen LogP contribution in [0.25, 0.3) is 0 Å². The maximum Gasteiger partial charge on any atom is 0.210 e. The highest BCUT2D eigenvalue weighted by Crippen LogP contribution is 2.47. The lowest BCUT2D eigenvalue weighted by molar-refractivity contribution is 0.348. The maximum atomic E-state index is 9.95. The minimum Gasteiger partial charge on any atom is -0.508 e. The maximum absolute atomic E-state index is 9.95. The molecule has 0 atom stereocenters. The fourth-order valence-electron chi connectivity index (χ4n) is 2.28. The molecule has 0 aromatic heterocycles. The van der Waals surface area contributed by atoms with Crippen LogP contribution in [0.3, 0.4) is 0 Å². The summed E-state index contributed by atoms with van der Waals surface area (Å²) in [5, 5.41) is 77.1. The molecule has 3 aromatic carbocycles. The predicted molar refractivity (Wildman–Crippen MR) is 92.8 cm³/mol. The highest BCUT2D eigenvalue weighted by molar-refractivity contribution is 5.60. The molecule has 10 nitrogen and oxygen atoms in total. The topological polar surface area (TPSA) is 180 Å². The number of ether oxygens (including phenoxy) is 2. The average Bonchev–Trinajstić information content (AvgIpc) is 2.60. The highest BCUT2D eigenvalue weighted by atomic mass is 16.5. The van der Waals surface area contributed by atoms with E-state index in [1.54, 1.807) is 0 Å². The van der Waals surface area contributed by atoms with Gasteiger partial charge in [-0.05, 0) is 0 Å². The summed E-state index contributed by atoms with van der Waals surface area (Å²) in [7, 11) is 0. The molecule has 3 aromatic rings. The Labute approximate surface area is 156 Å². The van der Waals surface area contributed by atoms with Crippen molar-refractivity contribution in [3.05, 3.63) is 36.4 Å². The molecule has 0 aliphatic heterocycles. The number of hydrogen-bond acceptors (Lipinski definition) is 10. The molecule has 3 rings (SSSR count). The summed E-state index contributed by atoms with van der Waals surface area (Å²) in [6.45, 7) is 0. The first-order valence-electron chi connectivity index (χ1n) is 7.57. The van der Waals surface area contributed by atoms with Crippen LogP contribution in [0.5, 0.6) is 69.0 Å². The van der Waals surface area contributed by atoms with Gasteiger partial charge in [-0.1, -0.05) is 0 Å². The monoisotopic (exact) mass is 390 g/mol. The van der Waals surface area contributed by atoms with Gasteiger partial charge in [-0.3, -0.25) is 0 Å². The van der Waals surface area contributed by atoms with E-state index in [-0.39, 0.29) is 17.2 Å². The van der Waals surface area contributed by atoms with Crippen LogP contribution in [-0.2, 0) is 0 Å². The molecule has 8 N–H and O–H groups in total. The summed E-state index contributed by atoms with van der Waals surface area (Å²) in [4.78, 5) is 0. The van der Waals surface area contributed by atoms with Crippen LogP contribution in [0.1, 0.15) is 0 Å². The van der Waals surface area contributed by atoms with Crippen molar-refractivity contribution in [3.63, 3.8) is 0 Å². The van der Waals surface area contributed by atoms with E-state index in [1.807, 2.05) is 0 Å². The molecule has 0 fully saturated rings. The van der Waals surface area contributed by atoms with E-state index in [0.717, 1.165) is 36.4 Å². The SMILES string of the molecule is Oc1cc(O)c(Oc2cc(O)c(O)c(Oc3cc(O)c(O)c(O)c3)c2)c(O)c1. The zero-order valence-electron chi connectivity index (χ0n) is 13.9. The van der Waals surface area contributed by atoms with Gasteiger partial charge in [0.05, 0.1) is 0 Å². The van der Waals surface area contributed by atoms with Crippen LogP contribution in [0.15, 0.2) is 36.4 Å². The third kappa shape index (κ3) is 3.46. The molecule has 0 saturated heterocycles. The van der Waals surface area contributed by atoms with Crippen LogP contribution in [0.2, 0.25) is 0 Å². The first-order valence-corrected chi connectivity index (χ1v) is 7.57. The van der Waals surface area contributed by atoms with Crippen molar-refractivity contribution in [1.82, 2.24) is 0 Å². The average molecular weight is 390 g/mol. The van der Waals surface area contributed by atoms with Gasteiger partial charge in [0.25, 0.3) is 0 Å². The van der Waals surface area contributed by atoms with Crippen LogP contribution in [0.4, 0.5) is 0 Å². The summed E-state index contributed by atoms with van der Waals surface area (Å²) in [6, 6.07) is 5.73. The van der Waals surface area contributed by atoms with Gasteiger partial charge in [0.2, 0.25) is 17.2 Å². The molecule has 10 heteroatoms. The smallest absolute Gasteiger partial charge is 0.210 e. The van der Waals surface area contributed by atoms with Crippen molar-refractivity contribution >= 4 is 0 Å². The largest absolute Gasteiger partial charge is 0.508 e. The first-order chi connectivity index (χ1) is 13.2. The second-order valence-corrected chi connectivity index (χ2v) is 5.62. The van der Waals surface area contributed by atoms with E-state index in [4.69, 9.17) is 9.47 Å². The van der Waals surface area contributed by atoms with E-state index < -0.39 is 51.7 Å². The van der Waals surface area contributed by atoms with Crippen molar-refractivity contribution in [2.45, 2.75) is 0 Å². The Hall–Kier alpha value is -4.34. The molecule has 0 aliphatic carbocycles. The van der Waals surface area contributed by atoms with Crippen LogP contribution in [0, 0.1) is 0 Å². The standard InChI is InChI=1S/C18H14O10/c19-7-1-13(23)18(14(24)2-7)28-9-5-12(22)17(26)15(6-9)27-8-3-10(20)16(25)11(21)4-8/h1-6,19-26H. The predicted octanol–water partition coefficient (Wildman–Crippen LogP) is 2.92. The lowest BCUT2D eigenvalue weighted by atomic mass is 10.2. The van der Waals surface area contributed by atoms with Crippen molar-refractivity contribution < 1.29 is 50.3 Å². The Balaban J connectivity index is 1.98. The summed E-state index contributed by atoms with van der Waals surface area (Å²) < 4.78 is 10.6. The minimum atomic E-state index is -0.769. The summed E-state index contributed by atoms with van der Waals surface area (Å²) in [5.41, 5.74) is 0. The second kappa shape index (κ2) is 6.76. The van der Waals surface area contributed by atoms with Gasteiger partial charge in [0, 0.05) is 36.4 Å². The van der Waals surface area contributed by atoms with Crippen molar-refractivity contribution in [2.75, 3.05) is 0 Å². The Morgan fingerprint density at radius 1 is 0.464 bits per heavy atom. The molecule has 28 heavy (non-hydrogen) atoms. The van der Waals surface area contributed by atoms with E-state index in [2.05, 4.69) is 0 Å². The molecular formula is C18H14O10. The normalized spacial score (nSPS) is 10.6. The third-order valence-electron chi connectivity index (χ3n) is 3.55. The molecule has 0 unspecified atom stereocenters. The van der Waals surface area contributed by atoms with E-state index in [9.17, 15) is 40.9 Å². The van der Waals surface area contributed by atoms with Gasteiger partial charge >= 0.3 is 0 Å². The molecule has 0 aliphatic rings. The van der Waals surface area contributed by atoms with Gasteiger partial charge in [-0.2, -0.15) is 0 Å². The Morgan fingerprint density at radius 3 is 1.46 bits per heavy atom. The molecule has 0 spiro atoms. The number of phenolic OH excluding ortho intramolecular Hbond substituents is 8. The van der Waals surface area contributed by atoms with Crippen molar-refractivity contribution in [3.8, 4) is 69.0 Å². The first kappa shape index (κ1) is 18.5. The van der Waals surface area contributed by atoms with Gasteiger partial charge in [-0.25, -0.2) is 0 Å². The quantitative estimate of drug-likeness (QED) is 0.309. The second-order valence-electron chi connectivity index (χ2n) is 5.62. The van der Waals surface area contributed by atoms with Crippen LogP contribution in [-0.4, -0.2) is 40.9 Å². The number of benzene rings is 3. The fourth-order valence-corrected chi connectivity index (χ4v) is 2.28. The number of rotatable bonds is 4. The van der Waals surface area contributed by atoms with E-state index >= 15 is 0 Å². The van der Waals surface area contributed by atoms with Crippen LogP contribution >= 0.6 is 0 Å². The number of hydrogen-bond donors (Lipinski definition) is 8. The van der Waals surface area contributed by atoms with Crippen LogP contribution < -0.4 is 9.47 Å². The minimum absolute atomic E-state index is 0.186. The molecule has 0 radical (unpaired) electrons. The fraction of sp³-hybridized carbons (Fsp3) is 0. The molecule has 146 valence electrons. The molecule has 0 saturated carbocycles. The van der Waals surface area contributed by atoms with Crippen molar-refractivity contribution in [1.29, 1.82) is 0 Å². The number of phenols is 8. The van der Waals surface area contributed by atoms with Gasteiger partial charge in [0.15, 0.2) is 34.5 Å². The highest BCUT2D eigenvalue weighted by Gasteiger charge is 2.18. The Kier molecular flexibility index (Phi) is 4.45. The van der Waals surface area contributed by atoms with Gasteiger partial charge in [0.1, 0.15) is 17.2 Å². The molecule has 0 bridgehead atoms. The van der Waals surface area contributed by atoms with Gasteiger partial charge in [-0.15, -0.1) is 0 Å². The Bertz CT molecular complexity index is 1010. The zero-order chi connectivity index (χ0) is 20.6. The zero-order valence-corrected chi connectivity index (χ0v) is 13.9. The summed E-state index contributed by atoms with van der Waals surface area (Å²) >= 11 is 0. The molecule has 0 heterocycles. The summed E-state index contributed by atoms with van der Waals surface area (Å²) in [5.74, 6) is -6.34. The summed E-state index contributed by atoms with van der Waals surface area (Å²) in [6.07, 6.45) is 0. The van der Waals surface area contributed by atoms with Crippen molar-refractivity contribution in [2.24, 2.45) is 0 Å². The lowest BCUT2D eigenvalue weighted by Crippen LogP contribution is -1.90. The third-order valence-corrected chi connectivity index (χ3v) is 3.55. The van der Waals surface area contributed by atoms with Gasteiger partial charge < -0.3 is 50.3 Å².